The standard InChI is InChI=1S/C13H15ClN2/c1-13(2)6-12-10(7-15-13)9-4-3-8(14)5-11(9)16-12/h3-5,15-16H,6-7H2,1-2H3. The van der Waals surface area contributed by atoms with Crippen molar-refractivity contribution >= 4 is 22.5 Å². The highest BCUT2D eigenvalue weighted by atomic mass is 35.5. The Morgan fingerprint density at radius 3 is 2.94 bits per heavy atom. The van der Waals surface area contributed by atoms with Crippen molar-refractivity contribution in [2.45, 2.75) is 32.4 Å². The maximum Gasteiger partial charge on any atom is 0.0474 e. The number of rotatable bonds is 0. The van der Waals surface area contributed by atoms with Gasteiger partial charge in [-0.05, 0) is 31.5 Å². The number of aromatic nitrogens is 1. The fraction of sp³-hybridized carbons (Fsp3) is 0.385. The van der Waals surface area contributed by atoms with E-state index in [0.717, 1.165) is 23.5 Å². The lowest BCUT2D eigenvalue weighted by Crippen LogP contribution is -2.44. The molecule has 84 valence electrons. The van der Waals surface area contributed by atoms with Crippen LogP contribution in [0.15, 0.2) is 18.2 Å². The number of nitrogens with one attached hydrogen (secondary N) is 2. The SMILES string of the molecule is CC1(C)Cc2[nH]c3cc(Cl)ccc3c2CN1. The molecule has 3 heteroatoms. The van der Waals surface area contributed by atoms with Crippen LogP contribution in [0, 0.1) is 0 Å². The number of hydrogen-bond acceptors (Lipinski definition) is 1. The lowest BCUT2D eigenvalue weighted by molar-refractivity contribution is 0.360. The molecule has 0 unspecified atom stereocenters. The van der Waals surface area contributed by atoms with Crippen LogP contribution >= 0.6 is 11.6 Å². The quantitative estimate of drug-likeness (QED) is 0.720. The maximum absolute atomic E-state index is 6.00. The van der Waals surface area contributed by atoms with E-state index in [1.807, 2.05) is 12.1 Å². The summed E-state index contributed by atoms with van der Waals surface area (Å²) in [5.41, 5.74) is 4.07. The highest BCUT2D eigenvalue weighted by Crippen LogP contribution is 2.30. The third-order valence-corrected chi connectivity index (χ3v) is 3.55. The molecule has 3 rings (SSSR count). The first-order valence-electron chi connectivity index (χ1n) is 5.59. The zero-order valence-electron chi connectivity index (χ0n) is 9.52. The van der Waals surface area contributed by atoms with Crippen LogP contribution in [0.4, 0.5) is 0 Å². The molecule has 2 N–H and O–H groups in total. The van der Waals surface area contributed by atoms with Crippen molar-refractivity contribution in [3.8, 4) is 0 Å². The van der Waals surface area contributed by atoms with Crippen LogP contribution in [0.2, 0.25) is 5.02 Å². The Balaban J connectivity index is 2.20. The Bertz CT molecular complexity index is 554. The van der Waals surface area contributed by atoms with Gasteiger partial charge in [0, 0.05) is 40.1 Å². The Hall–Kier alpha value is -0.990. The number of H-pyrrole nitrogens is 1. The minimum atomic E-state index is 0.178. The van der Waals surface area contributed by atoms with Gasteiger partial charge >= 0.3 is 0 Å². The van der Waals surface area contributed by atoms with E-state index in [1.165, 1.54) is 16.6 Å². The zero-order chi connectivity index (χ0) is 11.3. The third-order valence-electron chi connectivity index (χ3n) is 3.32. The second kappa shape index (κ2) is 3.25. The van der Waals surface area contributed by atoms with Crippen molar-refractivity contribution in [2.24, 2.45) is 0 Å². The highest BCUT2D eigenvalue weighted by molar-refractivity contribution is 6.31. The molecule has 0 radical (unpaired) electrons. The molecule has 2 nitrogen and oxygen atoms in total. The summed E-state index contributed by atoms with van der Waals surface area (Å²) in [4.78, 5) is 3.49. The summed E-state index contributed by atoms with van der Waals surface area (Å²) in [5.74, 6) is 0. The van der Waals surface area contributed by atoms with Gasteiger partial charge in [0.15, 0.2) is 0 Å². The fourth-order valence-corrected chi connectivity index (χ4v) is 2.64. The first-order chi connectivity index (χ1) is 7.55. The molecular formula is C13H15ClN2. The van der Waals surface area contributed by atoms with Crippen LogP contribution in [0.5, 0.6) is 0 Å². The second-order valence-electron chi connectivity index (χ2n) is 5.19. The molecule has 0 bridgehead atoms. The number of fused-ring (bicyclic) bond motifs is 3. The average Bonchev–Trinajstić information content (AvgIpc) is 2.51. The number of hydrogen-bond donors (Lipinski definition) is 2. The van der Waals surface area contributed by atoms with E-state index in [0.29, 0.717) is 0 Å². The summed E-state index contributed by atoms with van der Waals surface area (Å²) >= 11 is 6.00. The average molecular weight is 235 g/mol. The second-order valence-corrected chi connectivity index (χ2v) is 5.62. The van der Waals surface area contributed by atoms with E-state index in [-0.39, 0.29) is 5.54 Å². The van der Waals surface area contributed by atoms with Crippen LogP contribution in [0.3, 0.4) is 0 Å². The van der Waals surface area contributed by atoms with E-state index in [9.17, 15) is 0 Å². The predicted molar refractivity (Wildman–Crippen MR) is 67.9 cm³/mol. The Morgan fingerprint density at radius 1 is 1.31 bits per heavy atom. The van der Waals surface area contributed by atoms with E-state index in [2.05, 4.69) is 30.2 Å². The molecule has 0 fully saturated rings. The van der Waals surface area contributed by atoms with E-state index in [4.69, 9.17) is 11.6 Å². The third kappa shape index (κ3) is 1.53. The molecule has 0 saturated heterocycles. The molecule has 2 aromatic rings. The van der Waals surface area contributed by atoms with Gasteiger partial charge in [-0.15, -0.1) is 0 Å². The van der Waals surface area contributed by atoms with Gasteiger partial charge < -0.3 is 10.3 Å². The molecular weight excluding hydrogens is 220 g/mol. The van der Waals surface area contributed by atoms with Gasteiger partial charge in [0.1, 0.15) is 0 Å². The fourth-order valence-electron chi connectivity index (χ4n) is 2.47. The van der Waals surface area contributed by atoms with Crippen LogP contribution in [-0.4, -0.2) is 10.5 Å². The van der Waals surface area contributed by atoms with Crippen LogP contribution in [0.1, 0.15) is 25.1 Å². The van der Waals surface area contributed by atoms with Crippen molar-refractivity contribution in [1.29, 1.82) is 0 Å². The lowest BCUT2D eigenvalue weighted by Gasteiger charge is -2.31. The van der Waals surface area contributed by atoms with Gasteiger partial charge in [-0.2, -0.15) is 0 Å². The molecule has 0 atom stereocenters. The topological polar surface area (TPSA) is 27.8 Å². The Labute approximate surface area is 100.0 Å². The lowest BCUT2D eigenvalue weighted by atomic mass is 9.91. The smallest absolute Gasteiger partial charge is 0.0474 e. The Morgan fingerprint density at radius 2 is 2.12 bits per heavy atom. The molecule has 1 aliphatic heterocycles. The normalized spacial score (nSPS) is 18.7. The first-order valence-corrected chi connectivity index (χ1v) is 5.97. The van der Waals surface area contributed by atoms with Crippen molar-refractivity contribution < 1.29 is 0 Å². The monoisotopic (exact) mass is 234 g/mol. The van der Waals surface area contributed by atoms with Gasteiger partial charge in [0.25, 0.3) is 0 Å². The van der Waals surface area contributed by atoms with Crippen LogP contribution in [-0.2, 0) is 13.0 Å². The number of halogens is 1. The number of benzene rings is 1. The molecule has 0 saturated carbocycles. The van der Waals surface area contributed by atoms with Gasteiger partial charge in [-0.25, -0.2) is 0 Å². The summed E-state index contributed by atoms with van der Waals surface area (Å²) in [5, 5.41) is 5.64. The largest absolute Gasteiger partial charge is 0.358 e. The van der Waals surface area contributed by atoms with E-state index < -0.39 is 0 Å². The highest BCUT2D eigenvalue weighted by Gasteiger charge is 2.26. The van der Waals surface area contributed by atoms with Crippen molar-refractivity contribution in [1.82, 2.24) is 10.3 Å². The van der Waals surface area contributed by atoms with Gasteiger partial charge in [0.05, 0.1) is 0 Å². The molecule has 1 aliphatic rings. The van der Waals surface area contributed by atoms with Crippen LogP contribution in [0.25, 0.3) is 10.9 Å². The maximum atomic E-state index is 6.00. The molecule has 16 heavy (non-hydrogen) atoms. The van der Waals surface area contributed by atoms with Gasteiger partial charge in [-0.3, -0.25) is 0 Å². The van der Waals surface area contributed by atoms with Crippen LogP contribution < -0.4 is 5.32 Å². The van der Waals surface area contributed by atoms with Crippen molar-refractivity contribution in [3.63, 3.8) is 0 Å². The summed E-state index contributed by atoms with van der Waals surface area (Å²) in [7, 11) is 0. The summed E-state index contributed by atoms with van der Waals surface area (Å²) < 4.78 is 0. The van der Waals surface area contributed by atoms with Crippen molar-refractivity contribution in [2.75, 3.05) is 0 Å². The minimum Gasteiger partial charge on any atom is -0.358 e. The molecule has 0 aliphatic carbocycles. The molecule has 1 aromatic heterocycles. The van der Waals surface area contributed by atoms with E-state index in [1.54, 1.807) is 0 Å². The summed E-state index contributed by atoms with van der Waals surface area (Å²) in [6.07, 6.45) is 1.04. The molecule has 1 aromatic carbocycles. The molecule has 0 amide bonds. The predicted octanol–water partition coefficient (Wildman–Crippen LogP) is 3.25. The number of aromatic amines is 1. The minimum absolute atomic E-state index is 0.178. The van der Waals surface area contributed by atoms with E-state index >= 15 is 0 Å². The zero-order valence-corrected chi connectivity index (χ0v) is 10.3. The summed E-state index contributed by atoms with van der Waals surface area (Å²) in [6.45, 7) is 5.40. The first kappa shape index (κ1) is 10.2. The molecule has 0 spiro atoms. The summed E-state index contributed by atoms with van der Waals surface area (Å²) in [6, 6.07) is 6.06. The van der Waals surface area contributed by atoms with Gasteiger partial charge in [-0.1, -0.05) is 17.7 Å². The Kier molecular flexibility index (Phi) is 2.07. The van der Waals surface area contributed by atoms with Gasteiger partial charge in [0.2, 0.25) is 0 Å². The van der Waals surface area contributed by atoms with Crippen molar-refractivity contribution in [3.05, 3.63) is 34.5 Å². The molecule has 2 heterocycles.